The molecule has 0 spiro atoms. The number of hydrogen-bond donors (Lipinski definition) is 1. The minimum Gasteiger partial charge on any atom is -0.506 e. The van der Waals surface area contributed by atoms with Gasteiger partial charge in [0.2, 0.25) is 0 Å². The Morgan fingerprint density at radius 3 is 2.30 bits per heavy atom. The van der Waals surface area contributed by atoms with Crippen LogP contribution in [-0.4, -0.2) is 10.9 Å². The van der Waals surface area contributed by atoms with Crippen LogP contribution in [-0.2, 0) is 4.79 Å². The van der Waals surface area contributed by atoms with E-state index in [2.05, 4.69) is 6.58 Å². The molecule has 0 aromatic heterocycles. The van der Waals surface area contributed by atoms with E-state index in [0.717, 1.165) is 16.7 Å². The first kappa shape index (κ1) is 17.0. The average molecular weight is 327 g/mol. The third-order valence-electron chi connectivity index (χ3n) is 3.72. The molecule has 23 heavy (non-hydrogen) atoms. The molecular weight excluding hydrogens is 308 g/mol. The maximum absolute atomic E-state index is 12.2. The van der Waals surface area contributed by atoms with Gasteiger partial charge in [-0.2, -0.15) is 0 Å². The Labute approximate surface area is 141 Å². The molecule has 1 N–H and O–H groups in total. The van der Waals surface area contributed by atoms with E-state index < -0.39 is 0 Å². The standard InChI is InChI=1S/C20H19ClO2/c1-12(2)15-10-9-13(3)17(11-15)19(14(4)22)20(23)16-7-5-6-8-18(16)21/h5-11,23H,1H2,2-4H3/b20-19+. The predicted molar refractivity (Wildman–Crippen MR) is 97.5 cm³/mol. The first-order valence-corrected chi connectivity index (χ1v) is 7.66. The van der Waals surface area contributed by atoms with Gasteiger partial charge < -0.3 is 5.11 Å². The summed E-state index contributed by atoms with van der Waals surface area (Å²) >= 11 is 6.16. The summed E-state index contributed by atoms with van der Waals surface area (Å²) in [5.41, 5.74) is 4.12. The van der Waals surface area contributed by atoms with E-state index in [1.165, 1.54) is 6.92 Å². The van der Waals surface area contributed by atoms with Gasteiger partial charge in [0.1, 0.15) is 5.76 Å². The van der Waals surface area contributed by atoms with Crippen molar-refractivity contribution in [3.63, 3.8) is 0 Å². The SMILES string of the molecule is C=C(C)c1ccc(C)c(/C(C(C)=O)=C(/O)c2ccccc2Cl)c1. The summed E-state index contributed by atoms with van der Waals surface area (Å²) in [4.78, 5) is 12.2. The smallest absolute Gasteiger partial charge is 0.164 e. The molecule has 118 valence electrons. The number of ketones is 1. The minimum atomic E-state index is -0.218. The minimum absolute atomic E-state index is 0.106. The third-order valence-corrected chi connectivity index (χ3v) is 4.05. The van der Waals surface area contributed by atoms with Gasteiger partial charge in [-0.05, 0) is 55.7 Å². The molecule has 0 aliphatic heterocycles. The van der Waals surface area contributed by atoms with Crippen LogP contribution in [0.2, 0.25) is 5.02 Å². The summed E-state index contributed by atoms with van der Waals surface area (Å²) in [6.07, 6.45) is 0. The highest BCUT2D eigenvalue weighted by Crippen LogP contribution is 2.32. The Kier molecular flexibility index (Phi) is 5.07. The fourth-order valence-corrected chi connectivity index (χ4v) is 2.65. The van der Waals surface area contributed by atoms with Crippen LogP contribution in [0.3, 0.4) is 0 Å². The summed E-state index contributed by atoms with van der Waals surface area (Å²) < 4.78 is 0. The molecule has 0 amide bonds. The molecule has 0 aliphatic carbocycles. The van der Waals surface area contributed by atoms with E-state index in [1.807, 2.05) is 32.0 Å². The van der Waals surface area contributed by atoms with Gasteiger partial charge >= 0.3 is 0 Å². The highest BCUT2D eigenvalue weighted by molar-refractivity contribution is 6.34. The lowest BCUT2D eigenvalue weighted by Gasteiger charge is -2.14. The number of benzene rings is 2. The molecular formula is C20H19ClO2. The quantitative estimate of drug-likeness (QED) is 0.444. The van der Waals surface area contributed by atoms with Crippen molar-refractivity contribution in [3.8, 4) is 0 Å². The van der Waals surface area contributed by atoms with Crippen molar-refractivity contribution in [3.05, 3.63) is 76.3 Å². The first-order valence-electron chi connectivity index (χ1n) is 7.29. The zero-order valence-electron chi connectivity index (χ0n) is 13.5. The third kappa shape index (κ3) is 3.54. The summed E-state index contributed by atoms with van der Waals surface area (Å²) in [7, 11) is 0. The molecule has 2 aromatic rings. The maximum Gasteiger partial charge on any atom is 0.164 e. The molecule has 0 saturated heterocycles. The molecule has 0 saturated carbocycles. The second-order valence-corrected chi connectivity index (χ2v) is 5.98. The van der Waals surface area contributed by atoms with E-state index in [0.29, 0.717) is 16.1 Å². The van der Waals surface area contributed by atoms with Crippen LogP contribution in [0, 0.1) is 6.92 Å². The fourth-order valence-electron chi connectivity index (χ4n) is 2.43. The maximum atomic E-state index is 12.2. The van der Waals surface area contributed by atoms with Crippen LogP contribution in [0.1, 0.15) is 36.1 Å². The first-order chi connectivity index (χ1) is 10.8. The number of rotatable bonds is 4. The summed E-state index contributed by atoms with van der Waals surface area (Å²) in [6.45, 7) is 9.18. The van der Waals surface area contributed by atoms with E-state index in [-0.39, 0.29) is 17.1 Å². The average Bonchev–Trinajstić information content (AvgIpc) is 2.49. The van der Waals surface area contributed by atoms with Gasteiger partial charge in [0.05, 0.1) is 10.6 Å². The Balaban J connectivity index is 2.76. The van der Waals surface area contributed by atoms with Crippen molar-refractivity contribution >= 4 is 34.3 Å². The van der Waals surface area contributed by atoms with Gasteiger partial charge in [-0.25, -0.2) is 0 Å². The molecule has 3 heteroatoms. The molecule has 0 unspecified atom stereocenters. The lowest BCUT2D eigenvalue weighted by molar-refractivity contribution is -0.111. The second-order valence-electron chi connectivity index (χ2n) is 5.57. The molecule has 2 rings (SSSR count). The number of aryl methyl sites for hydroxylation is 1. The number of hydrogen-bond acceptors (Lipinski definition) is 2. The van der Waals surface area contributed by atoms with Gasteiger partial charge in [-0.15, -0.1) is 0 Å². The summed E-state index contributed by atoms with van der Waals surface area (Å²) in [5.74, 6) is -0.325. The largest absolute Gasteiger partial charge is 0.506 e. The molecule has 0 radical (unpaired) electrons. The van der Waals surface area contributed by atoms with E-state index in [4.69, 9.17) is 11.6 Å². The monoisotopic (exact) mass is 326 g/mol. The number of aliphatic hydroxyl groups excluding tert-OH is 1. The number of allylic oxidation sites excluding steroid dienone is 2. The van der Waals surface area contributed by atoms with Gasteiger partial charge in [0, 0.05) is 5.56 Å². The summed E-state index contributed by atoms with van der Waals surface area (Å²) in [5, 5.41) is 11.1. The molecule has 0 fully saturated rings. The molecule has 0 atom stereocenters. The molecule has 2 aromatic carbocycles. The normalized spacial score (nSPS) is 11.8. The van der Waals surface area contributed by atoms with Crippen molar-refractivity contribution in [2.24, 2.45) is 0 Å². The van der Waals surface area contributed by atoms with Crippen molar-refractivity contribution in [1.82, 2.24) is 0 Å². The van der Waals surface area contributed by atoms with Crippen molar-refractivity contribution in [2.75, 3.05) is 0 Å². The predicted octanol–water partition coefficient (Wildman–Crippen LogP) is 5.70. The van der Waals surface area contributed by atoms with Gasteiger partial charge in [0.25, 0.3) is 0 Å². The number of aliphatic hydroxyl groups is 1. The fraction of sp³-hybridized carbons (Fsp3) is 0.150. The zero-order valence-corrected chi connectivity index (χ0v) is 14.2. The molecule has 0 bridgehead atoms. The second kappa shape index (κ2) is 6.84. The van der Waals surface area contributed by atoms with Crippen molar-refractivity contribution in [1.29, 1.82) is 0 Å². The van der Waals surface area contributed by atoms with E-state index in [9.17, 15) is 9.90 Å². The van der Waals surface area contributed by atoms with Crippen LogP contribution in [0.25, 0.3) is 16.9 Å². The van der Waals surface area contributed by atoms with Crippen LogP contribution in [0.4, 0.5) is 0 Å². The van der Waals surface area contributed by atoms with E-state index in [1.54, 1.807) is 24.3 Å². The van der Waals surface area contributed by atoms with E-state index >= 15 is 0 Å². The lowest BCUT2D eigenvalue weighted by atomic mass is 9.91. The summed E-state index contributed by atoms with van der Waals surface area (Å²) in [6, 6.07) is 12.7. The van der Waals surface area contributed by atoms with Gasteiger partial charge in [0.15, 0.2) is 5.78 Å². The molecule has 0 heterocycles. The van der Waals surface area contributed by atoms with Crippen LogP contribution < -0.4 is 0 Å². The lowest BCUT2D eigenvalue weighted by Crippen LogP contribution is -2.04. The molecule has 2 nitrogen and oxygen atoms in total. The Morgan fingerprint density at radius 1 is 1.09 bits per heavy atom. The van der Waals surface area contributed by atoms with Crippen LogP contribution >= 0.6 is 11.6 Å². The Morgan fingerprint density at radius 2 is 1.74 bits per heavy atom. The van der Waals surface area contributed by atoms with Gasteiger partial charge in [-0.1, -0.05) is 48.0 Å². The number of carbonyl (C=O) groups excluding carboxylic acids is 1. The zero-order chi connectivity index (χ0) is 17.1. The van der Waals surface area contributed by atoms with Crippen molar-refractivity contribution < 1.29 is 9.90 Å². The number of carbonyl (C=O) groups is 1. The van der Waals surface area contributed by atoms with Crippen LogP contribution in [0.5, 0.6) is 0 Å². The highest BCUT2D eigenvalue weighted by atomic mass is 35.5. The molecule has 0 aliphatic rings. The topological polar surface area (TPSA) is 37.3 Å². The van der Waals surface area contributed by atoms with Crippen molar-refractivity contribution in [2.45, 2.75) is 20.8 Å². The number of halogens is 1. The van der Waals surface area contributed by atoms with Gasteiger partial charge in [-0.3, -0.25) is 4.79 Å². The Hall–Kier alpha value is -2.32. The highest BCUT2D eigenvalue weighted by Gasteiger charge is 2.19. The van der Waals surface area contributed by atoms with Crippen LogP contribution in [0.15, 0.2) is 49.0 Å². The number of Topliss-reactive ketones (excluding diaryl/α,β-unsaturated/α-hetero) is 1. The Bertz CT molecular complexity index is 816.